The molecule has 4 rings (SSSR count). The molecule has 162 valence electrons. The lowest BCUT2D eigenvalue weighted by Crippen LogP contribution is -2.45. The van der Waals surface area contributed by atoms with Crippen molar-refractivity contribution in [3.8, 4) is 11.4 Å². The molecule has 2 heterocycles. The van der Waals surface area contributed by atoms with Gasteiger partial charge in [0.05, 0.1) is 6.04 Å². The van der Waals surface area contributed by atoms with Crippen molar-refractivity contribution in [1.82, 2.24) is 20.4 Å². The van der Waals surface area contributed by atoms with Crippen molar-refractivity contribution >= 4 is 5.91 Å². The number of nitrogens with zero attached hydrogens (tertiary/aromatic N) is 3. The van der Waals surface area contributed by atoms with Gasteiger partial charge in [-0.3, -0.25) is 9.69 Å². The zero-order valence-corrected chi connectivity index (χ0v) is 18.1. The van der Waals surface area contributed by atoms with Gasteiger partial charge in [0.25, 0.3) is 5.91 Å². The molecule has 1 amide bonds. The van der Waals surface area contributed by atoms with Crippen molar-refractivity contribution in [2.24, 2.45) is 0 Å². The second kappa shape index (κ2) is 8.98. The van der Waals surface area contributed by atoms with Gasteiger partial charge in [0.2, 0.25) is 11.7 Å². The highest BCUT2D eigenvalue weighted by molar-refractivity contribution is 5.95. The first-order chi connectivity index (χ1) is 14.9. The van der Waals surface area contributed by atoms with Gasteiger partial charge in [-0.2, -0.15) is 4.98 Å². The average molecular weight is 423 g/mol. The number of halogens is 1. The van der Waals surface area contributed by atoms with E-state index in [4.69, 9.17) is 4.52 Å². The summed E-state index contributed by atoms with van der Waals surface area (Å²) >= 11 is 0. The minimum atomic E-state index is -0.252. The minimum Gasteiger partial charge on any atom is -0.349 e. The fourth-order valence-electron chi connectivity index (χ4n) is 3.98. The number of nitrogens with one attached hydrogen (secondary N) is 1. The number of rotatable bonds is 5. The molecule has 0 spiro atoms. The summed E-state index contributed by atoms with van der Waals surface area (Å²) in [5.74, 6) is 0.740. The van der Waals surface area contributed by atoms with E-state index in [1.54, 1.807) is 19.1 Å². The molecule has 7 heteroatoms. The lowest BCUT2D eigenvalue weighted by Gasteiger charge is -2.34. The van der Waals surface area contributed by atoms with Crippen LogP contribution in [-0.4, -0.2) is 40.1 Å². The zero-order valence-electron chi connectivity index (χ0n) is 18.1. The second-order valence-corrected chi connectivity index (χ2v) is 8.19. The summed E-state index contributed by atoms with van der Waals surface area (Å²) in [6, 6.07) is 12.5. The molecular formula is C24H27FN4O2. The van der Waals surface area contributed by atoms with Crippen LogP contribution in [0.2, 0.25) is 0 Å². The van der Waals surface area contributed by atoms with Crippen LogP contribution in [0, 0.1) is 19.7 Å². The largest absolute Gasteiger partial charge is 0.349 e. The molecular weight excluding hydrogens is 395 g/mol. The number of hydrogen-bond acceptors (Lipinski definition) is 5. The van der Waals surface area contributed by atoms with Crippen LogP contribution in [0.5, 0.6) is 0 Å². The van der Waals surface area contributed by atoms with E-state index >= 15 is 0 Å². The summed E-state index contributed by atoms with van der Waals surface area (Å²) in [6.45, 7) is 7.36. The van der Waals surface area contributed by atoms with Crippen LogP contribution < -0.4 is 5.32 Å². The Hall–Kier alpha value is -3.06. The predicted octanol–water partition coefficient (Wildman–Crippen LogP) is 4.45. The predicted molar refractivity (Wildman–Crippen MR) is 116 cm³/mol. The Morgan fingerprint density at radius 2 is 1.90 bits per heavy atom. The monoisotopic (exact) mass is 422 g/mol. The summed E-state index contributed by atoms with van der Waals surface area (Å²) in [4.78, 5) is 19.4. The summed E-state index contributed by atoms with van der Waals surface area (Å²) in [5, 5.41) is 7.24. The maximum atomic E-state index is 13.5. The third kappa shape index (κ3) is 4.66. The number of aryl methyl sites for hydroxylation is 2. The van der Waals surface area contributed by atoms with E-state index in [1.807, 2.05) is 38.1 Å². The molecule has 0 bridgehead atoms. The van der Waals surface area contributed by atoms with Gasteiger partial charge in [-0.1, -0.05) is 23.4 Å². The van der Waals surface area contributed by atoms with E-state index in [9.17, 15) is 9.18 Å². The molecule has 1 aliphatic heterocycles. The van der Waals surface area contributed by atoms with Crippen molar-refractivity contribution in [2.75, 3.05) is 13.1 Å². The van der Waals surface area contributed by atoms with Crippen LogP contribution in [0.4, 0.5) is 4.39 Å². The van der Waals surface area contributed by atoms with Gasteiger partial charge in [-0.05, 0) is 69.0 Å². The average Bonchev–Trinajstić information content (AvgIpc) is 3.26. The highest BCUT2D eigenvalue weighted by Gasteiger charge is 2.28. The van der Waals surface area contributed by atoms with Crippen molar-refractivity contribution < 1.29 is 13.7 Å². The fourth-order valence-corrected chi connectivity index (χ4v) is 3.98. The van der Waals surface area contributed by atoms with Crippen LogP contribution in [0.25, 0.3) is 11.4 Å². The highest BCUT2D eigenvalue weighted by Crippen LogP contribution is 2.26. The smallest absolute Gasteiger partial charge is 0.251 e. The first-order valence-corrected chi connectivity index (χ1v) is 10.6. The number of hydrogen-bond donors (Lipinski definition) is 1. The molecule has 1 fully saturated rings. The Morgan fingerprint density at radius 1 is 1.16 bits per heavy atom. The molecule has 1 aromatic heterocycles. The fraction of sp³-hybridized carbons (Fsp3) is 0.375. The molecule has 31 heavy (non-hydrogen) atoms. The van der Waals surface area contributed by atoms with Gasteiger partial charge in [0.1, 0.15) is 5.82 Å². The normalized spacial score (nSPS) is 16.3. The highest BCUT2D eigenvalue weighted by atomic mass is 19.1. The SMILES string of the molecule is Cc1cc(-c2noc(C(C)N3CCC(NC(=O)c4ccccc4C)CC3)n2)ccc1F. The number of likely N-dealkylation sites (tertiary alicyclic amines) is 1. The Kier molecular flexibility index (Phi) is 6.13. The van der Waals surface area contributed by atoms with E-state index in [1.165, 1.54) is 6.07 Å². The Morgan fingerprint density at radius 3 is 2.61 bits per heavy atom. The second-order valence-electron chi connectivity index (χ2n) is 8.19. The van der Waals surface area contributed by atoms with Gasteiger partial charge < -0.3 is 9.84 Å². The molecule has 1 atom stereocenters. The van der Waals surface area contributed by atoms with Gasteiger partial charge in [-0.25, -0.2) is 4.39 Å². The van der Waals surface area contributed by atoms with Gasteiger partial charge in [0, 0.05) is 30.3 Å². The molecule has 2 aromatic carbocycles. The van der Waals surface area contributed by atoms with Crippen LogP contribution in [0.3, 0.4) is 0 Å². The Labute approximate surface area is 181 Å². The Bertz CT molecular complexity index is 1070. The van der Waals surface area contributed by atoms with Crippen molar-refractivity contribution in [3.05, 3.63) is 70.9 Å². The number of carbonyl (C=O) groups excluding carboxylic acids is 1. The van der Waals surface area contributed by atoms with Crippen LogP contribution in [0.15, 0.2) is 47.0 Å². The number of benzene rings is 2. The molecule has 0 saturated carbocycles. The summed E-state index contributed by atoms with van der Waals surface area (Å²) in [5.41, 5.74) is 2.99. The topological polar surface area (TPSA) is 71.3 Å². The number of aromatic nitrogens is 2. The molecule has 1 N–H and O–H groups in total. The van der Waals surface area contributed by atoms with E-state index in [0.29, 0.717) is 17.3 Å². The quantitative estimate of drug-likeness (QED) is 0.658. The maximum absolute atomic E-state index is 13.5. The third-order valence-corrected chi connectivity index (χ3v) is 6.02. The van der Waals surface area contributed by atoms with E-state index in [2.05, 4.69) is 20.4 Å². The summed E-state index contributed by atoms with van der Waals surface area (Å²) in [7, 11) is 0. The Balaban J connectivity index is 1.35. The standard InChI is InChI=1S/C24H27FN4O2/c1-15-6-4-5-7-20(15)23(30)26-19-10-12-29(13-11-19)17(3)24-27-22(28-31-24)18-8-9-21(25)16(2)14-18/h4-9,14,17,19H,10-13H2,1-3H3,(H,26,30). The molecule has 3 aromatic rings. The van der Waals surface area contributed by atoms with Gasteiger partial charge >= 0.3 is 0 Å². The minimum absolute atomic E-state index is 0.0132. The zero-order chi connectivity index (χ0) is 22.0. The molecule has 0 aliphatic carbocycles. The van der Waals surface area contributed by atoms with Crippen molar-refractivity contribution in [1.29, 1.82) is 0 Å². The first-order valence-electron chi connectivity index (χ1n) is 10.6. The number of amides is 1. The van der Waals surface area contributed by atoms with Gasteiger partial charge in [0.15, 0.2) is 0 Å². The third-order valence-electron chi connectivity index (χ3n) is 6.02. The van der Waals surface area contributed by atoms with Gasteiger partial charge in [-0.15, -0.1) is 0 Å². The van der Waals surface area contributed by atoms with E-state index < -0.39 is 0 Å². The number of carbonyl (C=O) groups is 1. The molecule has 6 nitrogen and oxygen atoms in total. The van der Waals surface area contributed by atoms with E-state index in [-0.39, 0.29) is 23.8 Å². The lowest BCUT2D eigenvalue weighted by molar-refractivity contribution is 0.0880. The maximum Gasteiger partial charge on any atom is 0.251 e. The number of piperidine rings is 1. The van der Waals surface area contributed by atoms with Crippen molar-refractivity contribution in [3.63, 3.8) is 0 Å². The molecule has 1 unspecified atom stereocenters. The van der Waals surface area contributed by atoms with Crippen LogP contribution in [0.1, 0.15) is 53.2 Å². The molecule has 0 radical (unpaired) electrons. The van der Waals surface area contributed by atoms with Crippen LogP contribution in [-0.2, 0) is 0 Å². The molecule has 1 aliphatic rings. The lowest BCUT2D eigenvalue weighted by atomic mass is 10.0. The van der Waals surface area contributed by atoms with Crippen molar-refractivity contribution in [2.45, 2.75) is 45.7 Å². The van der Waals surface area contributed by atoms with Crippen LogP contribution >= 0.6 is 0 Å². The summed E-state index contributed by atoms with van der Waals surface area (Å²) in [6.07, 6.45) is 1.72. The summed E-state index contributed by atoms with van der Waals surface area (Å²) < 4.78 is 19.0. The van der Waals surface area contributed by atoms with E-state index in [0.717, 1.165) is 42.6 Å². The first kappa shape index (κ1) is 21.2. The molecule has 1 saturated heterocycles.